The largest absolute Gasteiger partial charge is 0.416 e. The van der Waals surface area contributed by atoms with Crippen LogP contribution in [0.2, 0.25) is 0 Å². The first kappa shape index (κ1) is 24.0. The van der Waals surface area contributed by atoms with Crippen LogP contribution < -0.4 is 10.9 Å². The number of hydrogen-bond acceptors (Lipinski definition) is 3. The topological polar surface area (TPSA) is 72.6 Å². The van der Waals surface area contributed by atoms with Crippen LogP contribution >= 0.6 is 12.4 Å². The summed E-state index contributed by atoms with van der Waals surface area (Å²) in [5, 5.41) is 14.8. The second kappa shape index (κ2) is 9.92. The van der Waals surface area contributed by atoms with E-state index in [2.05, 4.69) is 21.1 Å². The van der Waals surface area contributed by atoms with Gasteiger partial charge in [-0.05, 0) is 35.4 Å². The van der Waals surface area contributed by atoms with Gasteiger partial charge in [-0.2, -0.15) is 36.5 Å². The molecule has 5 nitrogen and oxygen atoms in total. The van der Waals surface area contributed by atoms with Crippen LogP contribution in [0.5, 0.6) is 0 Å². The lowest BCUT2D eigenvalue weighted by molar-refractivity contribution is -0.138. The molecule has 0 aliphatic heterocycles. The second-order valence-corrected chi connectivity index (χ2v) is 5.35. The predicted molar refractivity (Wildman–Crippen MR) is 99.3 cm³/mol. The standard InChI is InChI=1S/C17H13F6N5.ClH/c18-16(19,20)13-5-1-11(2-6-13)9-25-27-15(24)28-26-10-12-3-7-14(8-4-12)17(21,22)23;/h1-10H,(H3,24,27,28);1H. The minimum absolute atomic E-state index is 0. The molecule has 0 bridgehead atoms. The fourth-order valence-corrected chi connectivity index (χ4v) is 1.88. The highest BCUT2D eigenvalue weighted by Gasteiger charge is 2.30. The van der Waals surface area contributed by atoms with E-state index in [9.17, 15) is 26.3 Å². The summed E-state index contributed by atoms with van der Waals surface area (Å²) in [6.07, 6.45) is -6.44. The predicted octanol–water partition coefficient (Wildman–Crippen LogP) is 4.63. The SMILES string of the molecule is Cl.N=C(NN=Cc1ccc(C(F)(F)F)cc1)NN=Cc1ccc(C(F)(F)F)cc1. The molecular weight excluding hydrogens is 424 g/mol. The summed E-state index contributed by atoms with van der Waals surface area (Å²) >= 11 is 0. The number of hydrogen-bond donors (Lipinski definition) is 3. The summed E-state index contributed by atoms with van der Waals surface area (Å²) in [4.78, 5) is 0. The van der Waals surface area contributed by atoms with E-state index in [-0.39, 0.29) is 18.4 Å². The summed E-state index contributed by atoms with van der Waals surface area (Å²) < 4.78 is 74.7. The molecular formula is C17H14ClF6N5. The molecule has 0 saturated heterocycles. The Morgan fingerprint density at radius 2 is 1.00 bits per heavy atom. The first-order chi connectivity index (χ1) is 13.1. The number of halogens is 7. The molecule has 0 unspecified atom stereocenters. The Morgan fingerprint density at radius 1 is 0.690 bits per heavy atom. The number of alkyl halides is 6. The van der Waals surface area contributed by atoms with Crippen molar-refractivity contribution in [1.29, 1.82) is 5.41 Å². The summed E-state index contributed by atoms with van der Waals surface area (Å²) in [7, 11) is 0. The monoisotopic (exact) mass is 437 g/mol. The summed E-state index contributed by atoms with van der Waals surface area (Å²) in [6.45, 7) is 0. The molecule has 0 fully saturated rings. The van der Waals surface area contributed by atoms with Crippen LogP contribution in [0.3, 0.4) is 0 Å². The maximum absolute atomic E-state index is 12.4. The van der Waals surface area contributed by atoms with Gasteiger partial charge in [-0.15, -0.1) is 12.4 Å². The number of guanidine groups is 1. The molecule has 3 N–H and O–H groups in total. The maximum Gasteiger partial charge on any atom is 0.416 e. The second-order valence-electron chi connectivity index (χ2n) is 5.35. The molecule has 0 aliphatic carbocycles. The summed E-state index contributed by atoms with van der Waals surface area (Å²) in [5.41, 5.74) is 3.67. The van der Waals surface area contributed by atoms with Gasteiger partial charge in [-0.25, -0.2) is 10.9 Å². The number of rotatable bonds is 4. The smallest absolute Gasteiger partial charge is 0.266 e. The molecule has 0 aromatic heterocycles. The zero-order chi connectivity index (χ0) is 20.8. The highest BCUT2D eigenvalue weighted by molar-refractivity contribution is 5.85. The lowest BCUT2D eigenvalue weighted by Gasteiger charge is -2.06. The molecule has 0 heterocycles. The molecule has 0 amide bonds. The molecule has 0 saturated carbocycles. The van der Waals surface area contributed by atoms with Gasteiger partial charge in [0.25, 0.3) is 0 Å². The van der Waals surface area contributed by atoms with E-state index in [0.29, 0.717) is 11.1 Å². The fourth-order valence-electron chi connectivity index (χ4n) is 1.88. The Hall–Kier alpha value is -3.08. The number of nitrogens with zero attached hydrogens (tertiary/aromatic N) is 2. The molecule has 2 rings (SSSR count). The van der Waals surface area contributed by atoms with Gasteiger partial charge in [0, 0.05) is 0 Å². The van der Waals surface area contributed by atoms with Gasteiger partial charge in [0.1, 0.15) is 0 Å². The maximum atomic E-state index is 12.4. The third kappa shape index (κ3) is 7.82. The van der Waals surface area contributed by atoms with Gasteiger partial charge >= 0.3 is 12.4 Å². The van der Waals surface area contributed by atoms with Crippen molar-refractivity contribution in [2.75, 3.05) is 0 Å². The quantitative estimate of drug-likeness (QED) is 0.282. The molecule has 0 spiro atoms. The lowest BCUT2D eigenvalue weighted by atomic mass is 10.1. The van der Waals surface area contributed by atoms with Crippen molar-refractivity contribution >= 4 is 30.8 Å². The highest BCUT2D eigenvalue weighted by atomic mass is 35.5. The van der Waals surface area contributed by atoms with Gasteiger partial charge in [-0.3, -0.25) is 5.41 Å². The Labute approximate surface area is 167 Å². The van der Waals surface area contributed by atoms with E-state index in [1.54, 1.807) is 0 Å². The first-order valence-corrected chi connectivity index (χ1v) is 7.57. The molecule has 156 valence electrons. The average molecular weight is 438 g/mol. The van der Waals surface area contributed by atoms with Crippen LogP contribution in [0.4, 0.5) is 26.3 Å². The van der Waals surface area contributed by atoms with Crippen LogP contribution in [0.1, 0.15) is 22.3 Å². The van der Waals surface area contributed by atoms with Crippen LogP contribution in [0.25, 0.3) is 0 Å². The Balaban J connectivity index is 0.00000420. The van der Waals surface area contributed by atoms with Crippen LogP contribution in [0.15, 0.2) is 58.7 Å². The van der Waals surface area contributed by atoms with Crippen molar-refractivity contribution in [3.63, 3.8) is 0 Å². The van der Waals surface area contributed by atoms with Crippen molar-refractivity contribution in [2.24, 2.45) is 10.2 Å². The van der Waals surface area contributed by atoms with Crippen LogP contribution in [-0.2, 0) is 12.4 Å². The van der Waals surface area contributed by atoms with E-state index < -0.39 is 23.5 Å². The van der Waals surface area contributed by atoms with Crippen LogP contribution in [-0.4, -0.2) is 18.4 Å². The number of benzene rings is 2. The van der Waals surface area contributed by atoms with Crippen LogP contribution in [0, 0.1) is 5.41 Å². The Bertz CT molecular complexity index is 786. The zero-order valence-electron chi connectivity index (χ0n) is 14.3. The van der Waals surface area contributed by atoms with Gasteiger partial charge < -0.3 is 0 Å². The molecule has 12 heteroatoms. The third-order valence-electron chi connectivity index (χ3n) is 3.26. The number of nitrogens with one attached hydrogen (secondary N) is 3. The van der Waals surface area contributed by atoms with E-state index in [4.69, 9.17) is 5.41 Å². The Morgan fingerprint density at radius 3 is 1.28 bits per heavy atom. The van der Waals surface area contributed by atoms with Gasteiger partial charge in [0.2, 0.25) is 5.96 Å². The molecule has 2 aromatic carbocycles. The van der Waals surface area contributed by atoms with Crippen molar-refractivity contribution < 1.29 is 26.3 Å². The summed E-state index contributed by atoms with van der Waals surface area (Å²) in [6, 6.07) is 8.47. The van der Waals surface area contributed by atoms with E-state index >= 15 is 0 Å². The van der Waals surface area contributed by atoms with E-state index in [1.807, 2.05) is 0 Å². The van der Waals surface area contributed by atoms with E-state index in [0.717, 1.165) is 24.3 Å². The molecule has 0 aliphatic rings. The van der Waals surface area contributed by atoms with Crippen molar-refractivity contribution in [3.8, 4) is 0 Å². The molecule has 0 radical (unpaired) electrons. The minimum atomic E-state index is -4.43. The Kier molecular flexibility index (Phi) is 8.19. The molecule has 0 atom stereocenters. The molecule has 29 heavy (non-hydrogen) atoms. The van der Waals surface area contributed by atoms with Gasteiger partial charge in [0.05, 0.1) is 23.6 Å². The first-order valence-electron chi connectivity index (χ1n) is 7.57. The van der Waals surface area contributed by atoms with Gasteiger partial charge in [0.15, 0.2) is 0 Å². The van der Waals surface area contributed by atoms with Crippen molar-refractivity contribution in [1.82, 2.24) is 10.9 Å². The fraction of sp³-hybridized carbons (Fsp3) is 0.118. The third-order valence-corrected chi connectivity index (χ3v) is 3.26. The van der Waals surface area contributed by atoms with Crippen molar-refractivity contribution in [2.45, 2.75) is 12.4 Å². The zero-order valence-corrected chi connectivity index (χ0v) is 15.2. The normalized spacial score (nSPS) is 12.1. The number of hydrazone groups is 2. The minimum Gasteiger partial charge on any atom is -0.266 e. The lowest BCUT2D eigenvalue weighted by Crippen LogP contribution is -2.29. The van der Waals surface area contributed by atoms with Crippen molar-refractivity contribution in [3.05, 3.63) is 70.8 Å². The average Bonchev–Trinajstić information content (AvgIpc) is 2.61. The highest BCUT2D eigenvalue weighted by Crippen LogP contribution is 2.29. The molecule has 2 aromatic rings. The van der Waals surface area contributed by atoms with Gasteiger partial charge in [-0.1, -0.05) is 24.3 Å². The summed E-state index contributed by atoms with van der Waals surface area (Å²) in [5.74, 6) is -0.355. The van der Waals surface area contributed by atoms with E-state index in [1.165, 1.54) is 36.7 Å².